The van der Waals surface area contributed by atoms with Crippen LogP contribution in [-0.2, 0) is 16.6 Å². The first-order chi connectivity index (χ1) is 19.8. The largest absolute Gasteiger partial charge is 0.396 e. The molecule has 0 spiro atoms. The van der Waals surface area contributed by atoms with E-state index in [1.165, 1.54) is 9.54 Å². The number of likely N-dealkylation sites (tertiary alicyclic amines) is 1. The van der Waals surface area contributed by atoms with Crippen molar-refractivity contribution in [2.75, 3.05) is 25.0 Å². The third-order valence-corrected chi connectivity index (χ3v) is 10.8. The highest BCUT2D eigenvalue weighted by atomic mass is 32.2. The minimum absolute atomic E-state index is 0.334. The predicted octanol–water partition coefficient (Wildman–Crippen LogP) is 5.25. The van der Waals surface area contributed by atoms with Gasteiger partial charge < -0.3 is 10.4 Å². The highest BCUT2D eigenvalue weighted by Crippen LogP contribution is 2.51. The molecule has 1 aliphatic heterocycles. The van der Waals surface area contributed by atoms with Gasteiger partial charge in [-0.25, -0.2) is 22.4 Å². The molecule has 7 rings (SSSR count). The van der Waals surface area contributed by atoms with E-state index in [4.69, 9.17) is 0 Å². The molecule has 9 heteroatoms. The van der Waals surface area contributed by atoms with Crippen molar-refractivity contribution >= 4 is 43.3 Å². The molecule has 2 unspecified atom stereocenters. The molecule has 41 heavy (non-hydrogen) atoms. The Morgan fingerprint density at radius 2 is 1.71 bits per heavy atom. The Labute approximate surface area is 239 Å². The monoisotopic (exact) mass is 567 g/mol. The smallest absolute Gasteiger partial charge is 0.241 e. The number of piperidine rings is 1. The summed E-state index contributed by atoms with van der Waals surface area (Å²) in [5, 5.41) is 14.1. The zero-order valence-electron chi connectivity index (χ0n) is 23.1. The van der Waals surface area contributed by atoms with Crippen LogP contribution in [0.3, 0.4) is 0 Å². The van der Waals surface area contributed by atoms with Crippen molar-refractivity contribution in [3.05, 3.63) is 84.8 Å². The molecule has 0 bridgehead atoms. The Hall–Kier alpha value is -3.79. The zero-order chi connectivity index (χ0) is 28.3. The maximum Gasteiger partial charge on any atom is 0.241 e. The van der Waals surface area contributed by atoms with Crippen LogP contribution in [0.25, 0.3) is 32.9 Å². The molecule has 3 heterocycles. The van der Waals surface area contributed by atoms with Gasteiger partial charge >= 0.3 is 0 Å². The van der Waals surface area contributed by atoms with E-state index in [9.17, 15) is 13.5 Å². The van der Waals surface area contributed by atoms with Gasteiger partial charge in [0, 0.05) is 48.9 Å². The lowest BCUT2D eigenvalue weighted by Crippen LogP contribution is -2.24. The number of aliphatic hydroxyl groups excluding tert-OH is 1. The lowest BCUT2D eigenvalue weighted by molar-refractivity contribution is 0.217. The Balaban J connectivity index is 1.12. The Morgan fingerprint density at radius 1 is 0.951 bits per heavy atom. The Bertz CT molecular complexity index is 1850. The van der Waals surface area contributed by atoms with E-state index in [0.29, 0.717) is 35.7 Å². The van der Waals surface area contributed by atoms with Crippen LogP contribution in [0.2, 0.25) is 0 Å². The van der Waals surface area contributed by atoms with E-state index in [2.05, 4.69) is 56.6 Å². The second-order valence-corrected chi connectivity index (χ2v) is 14.0. The minimum atomic E-state index is -3.44. The lowest BCUT2D eigenvalue weighted by atomic mass is 10.0. The van der Waals surface area contributed by atoms with Gasteiger partial charge in [-0.05, 0) is 84.7 Å². The molecule has 1 saturated carbocycles. The molecule has 3 aromatic carbocycles. The summed E-state index contributed by atoms with van der Waals surface area (Å²) in [7, 11) is -3.44. The fourth-order valence-corrected chi connectivity index (χ4v) is 7.44. The second-order valence-electron chi connectivity index (χ2n) is 11.6. The quantitative estimate of drug-likeness (QED) is 0.264. The molecular formula is C32H33N5O3S. The van der Waals surface area contributed by atoms with E-state index in [-0.39, 0.29) is 0 Å². The Morgan fingerprint density at radius 3 is 2.44 bits per heavy atom. The van der Waals surface area contributed by atoms with Gasteiger partial charge in [-0.15, -0.1) is 0 Å². The third-order valence-electron chi connectivity index (χ3n) is 8.77. The van der Waals surface area contributed by atoms with E-state index < -0.39 is 15.3 Å². The van der Waals surface area contributed by atoms with Crippen molar-refractivity contribution in [3.63, 3.8) is 0 Å². The van der Waals surface area contributed by atoms with E-state index >= 15 is 0 Å². The summed E-state index contributed by atoms with van der Waals surface area (Å²) in [4.78, 5) is 11.5. The molecule has 2 aromatic heterocycles. The SMILES string of the molecule is CC(C)S(=O)(=O)n1ccc2cc(Nc3ncnc4ccc(-c5ccc(CN6CC7C(CO)C7C6)cc5)cc34)ccc21. The number of nitrogens with one attached hydrogen (secondary N) is 1. The van der Waals surface area contributed by atoms with Crippen molar-refractivity contribution in [3.8, 4) is 11.1 Å². The van der Waals surface area contributed by atoms with Crippen molar-refractivity contribution in [1.29, 1.82) is 0 Å². The van der Waals surface area contributed by atoms with Gasteiger partial charge in [-0.2, -0.15) is 0 Å². The summed E-state index contributed by atoms with van der Waals surface area (Å²) < 4.78 is 26.8. The number of hydrogen-bond donors (Lipinski definition) is 2. The summed E-state index contributed by atoms with van der Waals surface area (Å²) >= 11 is 0. The van der Waals surface area contributed by atoms with Crippen LogP contribution in [0.4, 0.5) is 11.5 Å². The van der Waals surface area contributed by atoms with Crippen LogP contribution >= 0.6 is 0 Å². The standard InChI is InChI=1S/C32H33N5O3S/c1-20(2)41(39,40)37-12-11-24-13-25(8-10-31(24)37)35-32-26-14-23(7-9-30(26)33-19-34-32)22-5-3-21(4-6-22)15-36-16-27-28(17-36)29(27)18-38/h3-14,19-20,27-29,38H,15-18H2,1-2H3,(H,33,34,35). The third kappa shape index (κ3) is 4.67. The fourth-order valence-electron chi connectivity index (χ4n) is 6.31. The maximum absolute atomic E-state index is 12.7. The summed E-state index contributed by atoms with van der Waals surface area (Å²) in [6, 6.07) is 22.4. The average molecular weight is 568 g/mol. The highest BCUT2D eigenvalue weighted by Gasteiger charge is 2.54. The molecular weight excluding hydrogens is 534 g/mol. The number of anilines is 2. The van der Waals surface area contributed by atoms with Gasteiger partial charge in [-0.1, -0.05) is 30.3 Å². The zero-order valence-corrected chi connectivity index (χ0v) is 23.9. The summed E-state index contributed by atoms with van der Waals surface area (Å²) in [6.07, 6.45) is 3.16. The summed E-state index contributed by atoms with van der Waals surface area (Å²) in [6.45, 7) is 6.83. The molecule has 2 fully saturated rings. The number of fused-ring (bicyclic) bond motifs is 3. The molecule has 2 N–H and O–H groups in total. The maximum atomic E-state index is 12.7. The van der Waals surface area contributed by atoms with Gasteiger partial charge in [0.2, 0.25) is 10.0 Å². The first kappa shape index (κ1) is 26.1. The van der Waals surface area contributed by atoms with Gasteiger partial charge in [0.25, 0.3) is 0 Å². The molecule has 1 aliphatic carbocycles. The number of hydrogen-bond acceptors (Lipinski definition) is 7. The first-order valence-corrected chi connectivity index (χ1v) is 15.6. The number of rotatable bonds is 8. The fraction of sp³-hybridized carbons (Fsp3) is 0.312. The predicted molar refractivity (Wildman–Crippen MR) is 162 cm³/mol. The normalized spacial score (nSPS) is 20.6. The van der Waals surface area contributed by atoms with Crippen LogP contribution < -0.4 is 5.32 Å². The van der Waals surface area contributed by atoms with E-state index in [1.807, 2.05) is 30.3 Å². The van der Waals surface area contributed by atoms with Gasteiger partial charge in [-0.3, -0.25) is 4.90 Å². The molecule has 2 atom stereocenters. The number of nitrogens with zero attached hydrogens (tertiary/aromatic N) is 4. The van der Waals surface area contributed by atoms with Crippen LogP contribution in [-0.4, -0.2) is 57.3 Å². The van der Waals surface area contributed by atoms with Crippen LogP contribution in [0, 0.1) is 17.8 Å². The molecule has 2 aliphatic rings. The van der Waals surface area contributed by atoms with Crippen LogP contribution in [0.1, 0.15) is 19.4 Å². The molecule has 0 radical (unpaired) electrons. The van der Waals surface area contributed by atoms with Crippen molar-refractivity contribution in [2.24, 2.45) is 17.8 Å². The average Bonchev–Trinajstić information content (AvgIpc) is 3.25. The second kappa shape index (κ2) is 9.94. The first-order valence-electron chi connectivity index (χ1n) is 14.1. The lowest BCUT2D eigenvalue weighted by Gasteiger charge is -2.19. The van der Waals surface area contributed by atoms with Crippen molar-refractivity contribution in [2.45, 2.75) is 25.6 Å². The van der Waals surface area contributed by atoms with Gasteiger partial charge in [0.15, 0.2) is 0 Å². The van der Waals surface area contributed by atoms with Crippen LogP contribution in [0.5, 0.6) is 0 Å². The number of aromatic nitrogens is 3. The van der Waals surface area contributed by atoms with Crippen molar-refractivity contribution in [1.82, 2.24) is 18.8 Å². The van der Waals surface area contributed by atoms with Gasteiger partial charge in [0.05, 0.1) is 16.3 Å². The molecule has 0 amide bonds. The van der Waals surface area contributed by atoms with Crippen LogP contribution in [0.15, 0.2) is 79.3 Å². The molecule has 210 valence electrons. The van der Waals surface area contributed by atoms with Gasteiger partial charge in [0.1, 0.15) is 12.1 Å². The Kier molecular flexibility index (Phi) is 6.33. The van der Waals surface area contributed by atoms with E-state index in [1.54, 1.807) is 26.4 Å². The number of benzene rings is 3. The van der Waals surface area contributed by atoms with Crippen molar-refractivity contribution < 1.29 is 13.5 Å². The van der Waals surface area contributed by atoms with E-state index in [0.717, 1.165) is 52.7 Å². The molecule has 5 aromatic rings. The number of aliphatic hydroxyl groups is 1. The summed E-state index contributed by atoms with van der Waals surface area (Å²) in [5.41, 5.74) is 5.82. The minimum Gasteiger partial charge on any atom is -0.396 e. The molecule has 8 nitrogen and oxygen atoms in total. The highest BCUT2D eigenvalue weighted by molar-refractivity contribution is 7.90. The summed E-state index contributed by atoms with van der Waals surface area (Å²) in [5.74, 6) is 2.59. The topological polar surface area (TPSA) is 100 Å². The molecule has 1 saturated heterocycles.